The van der Waals surface area contributed by atoms with Crippen LogP contribution in [0, 0.1) is 0 Å². The lowest BCUT2D eigenvalue weighted by Crippen LogP contribution is -2.28. The number of allylic oxidation sites excluding steroid dienone is 1. The summed E-state index contributed by atoms with van der Waals surface area (Å²) in [4.78, 5) is 21.3. The maximum Gasteiger partial charge on any atom is 0.322 e. The number of carbonyl (C=O) groups is 2. The first kappa shape index (κ1) is 10.8. The van der Waals surface area contributed by atoms with E-state index in [2.05, 4.69) is 5.32 Å². The van der Waals surface area contributed by atoms with Gasteiger partial charge in [-0.1, -0.05) is 12.0 Å². The second-order valence-corrected chi connectivity index (χ2v) is 3.47. The molecule has 1 rings (SSSR count). The molecule has 1 aliphatic carbocycles. The Bertz CT molecular complexity index is 250. The van der Waals surface area contributed by atoms with Crippen LogP contribution in [0.3, 0.4) is 0 Å². The molecule has 0 aromatic carbocycles. The van der Waals surface area contributed by atoms with Crippen LogP contribution in [-0.4, -0.2) is 23.5 Å². The van der Waals surface area contributed by atoms with E-state index in [9.17, 15) is 9.59 Å². The Labute approximate surface area is 83.0 Å². The van der Waals surface area contributed by atoms with Crippen molar-refractivity contribution in [2.24, 2.45) is 0 Å². The number of hydrogen-bond acceptors (Lipinski definition) is 2. The average Bonchev–Trinajstić information content (AvgIpc) is 2.16. The highest BCUT2D eigenvalue weighted by molar-refractivity contribution is 5.90. The van der Waals surface area contributed by atoms with E-state index in [1.807, 2.05) is 0 Å². The Morgan fingerprint density at radius 3 is 2.50 bits per heavy atom. The fourth-order valence-electron chi connectivity index (χ4n) is 1.55. The normalized spacial score (nSPS) is 16.1. The highest BCUT2D eigenvalue weighted by atomic mass is 16.4. The first-order valence-electron chi connectivity index (χ1n) is 4.87. The van der Waals surface area contributed by atoms with Crippen molar-refractivity contribution >= 4 is 11.9 Å². The highest BCUT2D eigenvalue weighted by Crippen LogP contribution is 2.22. The Hall–Kier alpha value is -1.32. The number of hydrogen-bond donors (Lipinski definition) is 2. The summed E-state index contributed by atoms with van der Waals surface area (Å²) in [6.45, 7) is -0.303. The van der Waals surface area contributed by atoms with Gasteiger partial charge in [0.2, 0.25) is 5.91 Å². The van der Waals surface area contributed by atoms with E-state index in [0.717, 1.165) is 31.3 Å². The van der Waals surface area contributed by atoms with Crippen LogP contribution in [0.5, 0.6) is 0 Å². The number of carboxylic acids is 1. The second-order valence-electron chi connectivity index (χ2n) is 3.47. The summed E-state index contributed by atoms with van der Waals surface area (Å²) in [5, 5.41) is 10.6. The molecular formula is C10H15NO3. The number of amides is 1. The molecule has 0 atom stereocenters. The van der Waals surface area contributed by atoms with Gasteiger partial charge >= 0.3 is 5.97 Å². The third kappa shape index (κ3) is 4.07. The van der Waals surface area contributed by atoms with Crippen LogP contribution in [-0.2, 0) is 9.59 Å². The molecule has 4 nitrogen and oxygen atoms in total. The molecule has 0 bridgehead atoms. The zero-order chi connectivity index (χ0) is 10.4. The number of carbonyl (C=O) groups excluding carboxylic acids is 1. The van der Waals surface area contributed by atoms with Gasteiger partial charge in [-0.05, 0) is 25.7 Å². The van der Waals surface area contributed by atoms with Crippen LogP contribution in [0.1, 0.15) is 32.1 Å². The van der Waals surface area contributed by atoms with E-state index in [0.29, 0.717) is 0 Å². The van der Waals surface area contributed by atoms with Crippen LogP contribution in [0.2, 0.25) is 0 Å². The van der Waals surface area contributed by atoms with Gasteiger partial charge in [0.25, 0.3) is 0 Å². The van der Waals surface area contributed by atoms with E-state index in [1.165, 1.54) is 6.42 Å². The van der Waals surface area contributed by atoms with Crippen molar-refractivity contribution in [1.82, 2.24) is 5.32 Å². The molecule has 4 heteroatoms. The molecule has 0 spiro atoms. The number of carboxylic acid groups (broad SMARTS) is 1. The highest BCUT2D eigenvalue weighted by Gasteiger charge is 2.07. The van der Waals surface area contributed by atoms with Crippen LogP contribution in [0.15, 0.2) is 11.6 Å². The first-order valence-corrected chi connectivity index (χ1v) is 4.87. The predicted octanol–water partition coefficient (Wildman–Crippen LogP) is 1.08. The second kappa shape index (κ2) is 5.42. The van der Waals surface area contributed by atoms with Crippen molar-refractivity contribution in [2.75, 3.05) is 6.54 Å². The molecule has 0 aromatic heterocycles. The molecule has 0 aliphatic heterocycles. The van der Waals surface area contributed by atoms with Crippen molar-refractivity contribution < 1.29 is 14.7 Å². The van der Waals surface area contributed by atoms with Crippen molar-refractivity contribution in [1.29, 1.82) is 0 Å². The monoisotopic (exact) mass is 197 g/mol. The molecular weight excluding hydrogens is 182 g/mol. The van der Waals surface area contributed by atoms with Gasteiger partial charge in [0.05, 0.1) is 0 Å². The Balaban J connectivity index is 2.33. The van der Waals surface area contributed by atoms with Crippen LogP contribution in [0.25, 0.3) is 0 Å². The third-order valence-corrected chi connectivity index (χ3v) is 2.24. The van der Waals surface area contributed by atoms with Crippen molar-refractivity contribution in [3.8, 4) is 0 Å². The van der Waals surface area contributed by atoms with Gasteiger partial charge in [0.15, 0.2) is 0 Å². The van der Waals surface area contributed by atoms with Crippen molar-refractivity contribution in [3.05, 3.63) is 11.6 Å². The molecule has 1 aliphatic rings. The summed E-state index contributed by atoms with van der Waals surface area (Å²) in [6, 6.07) is 0. The number of aliphatic carboxylic acids is 1. The molecule has 0 unspecified atom stereocenters. The molecule has 0 aromatic rings. The molecule has 1 amide bonds. The van der Waals surface area contributed by atoms with Gasteiger partial charge < -0.3 is 10.4 Å². The van der Waals surface area contributed by atoms with E-state index < -0.39 is 5.97 Å². The standard InChI is InChI=1S/C10H15NO3/c12-9(11-7-10(13)14)6-8-4-2-1-3-5-8/h6H,1-5,7H2,(H,11,12)(H,13,14). The lowest BCUT2D eigenvalue weighted by molar-refractivity contribution is -0.137. The minimum absolute atomic E-state index is 0.288. The molecule has 1 saturated carbocycles. The summed E-state index contributed by atoms with van der Waals surface area (Å²) in [5.41, 5.74) is 1.14. The minimum atomic E-state index is -1.01. The van der Waals surface area contributed by atoms with Gasteiger partial charge in [-0.2, -0.15) is 0 Å². The molecule has 2 N–H and O–H groups in total. The van der Waals surface area contributed by atoms with Crippen LogP contribution in [0.4, 0.5) is 0 Å². The topological polar surface area (TPSA) is 66.4 Å². The smallest absolute Gasteiger partial charge is 0.322 e. The number of nitrogens with one attached hydrogen (secondary N) is 1. The zero-order valence-electron chi connectivity index (χ0n) is 8.08. The Morgan fingerprint density at radius 2 is 1.93 bits per heavy atom. The third-order valence-electron chi connectivity index (χ3n) is 2.24. The quantitative estimate of drug-likeness (QED) is 0.665. The Kier molecular flexibility index (Phi) is 4.16. The molecule has 78 valence electrons. The van der Waals surface area contributed by atoms with E-state index in [1.54, 1.807) is 6.08 Å². The van der Waals surface area contributed by atoms with E-state index >= 15 is 0 Å². The van der Waals surface area contributed by atoms with Gasteiger partial charge in [-0.25, -0.2) is 0 Å². The molecule has 14 heavy (non-hydrogen) atoms. The zero-order valence-corrected chi connectivity index (χ0v) is 8.08. The van der Waals surface area contributed by atoms with Crippen molar-refractivity contribution in [2.45, 2.75) is 32.1 Å². The Morgan fingerprint density at radius 1 is 1.29 bits per heavy atom. The largest absolute Gasteiger partial charge is 0.480 e. The summed E-state index contributed by atoms with van der Waals surface area (Å²) >= 11 is 0. The van der Waals surface area contributed by atoms with E-state index in [4.69, 9.17) is 5.11 Å². The number of rotatable bonds is 3. The van der Waals surface area contributed by atoms with Gasteiger partial charge in [-0.3, -0.25) is 9.59 Å². The summed E-state index contributed by atoms with van der Waals surface area (Å²) in [7, 11) is 0. The minimum Gasteiger partial charge on any atom is -0.480 e. The lowest BCUT2D eigenvalue weighted by Gasteiger charge is -2.12. The SMILES string of the molecule is O=C(O)CNC(=O)C=C1CCCCC1. The van der Waals surface area contributed by atoms with Crippen LogP contribution < -0.4 is 5.32 Å². The fraction of sp³-hybridized carbons (Fsp3) is 0.600. The maximum atomic E-state index is 11.2. The van der Waals surface area contributed by atoms with Crippen molar-refractivity contribution in [3.63, 3.8) is 0 Å². The van der Waals surface area contributed by atoms with E-state index in [-0.39, 0.29) is 12.5 Å². The molecule has 0 saturated heterocycles. The fourth-order valence-corrected chi connectivity index (χ4v) is 1.55. The lowest BCUT2D eigenvalue weighted by atomic mass is 9.95. The first-order chi connectivity index (χ1) is 6.68. The van der Waals surface area contributed by atoms with Gasteiger partial charge in [-0.15, -0.1) is 0 Å². The predicted molar refractivity (Wildman–Crippen MR) is 51.8 cm³/mol. The summed E-state index contributed by atoms with van der Waals surface area (Å²) in [5.74, 6) is -1.30. The summed E-state index contributed by atoms with van der Waals surface area (Å²) in [6.07, 6.45) is 6.99. The average molecular weight is 197 g/mol. The van der Waals surface area contributed by atoms with Gasteiger partial charge in [0, 0.05) is 6.08 Å². The maximum absolute atomic E-state index is 11.2. The molecule has 1 fully saturated rings. The summed E-state index contributed by atoms with van der Waals surface area (Å²) < 4.78 is 0. The van der Waals surface area contributed by atoms with Crippen LogP contribution >= 0.6 is 0 Å². The molecule has 0 radical (unpaired) electrons. The molecule has 0 heterocycles. The van der Waals surface area contributed by atoms with Gasteiger partial charge in [0.1, 0.15) is 6.54 Å².